The predicted molar refractivity (Wildman–Crippen MR) is 129 cm³/mol. The molecule has 2 unspecified atom stereocenters. The van der Waals surface area contributed by atoms with E-state index in [9.17, 15) is 0 Å². The molecule has 1 fully saturated rings. The van der Waals surface area contributed by atoms with Crippen LogP contribution in [0.2, 0.25) is 6.32 Å². The van der Waals surface area contributed by atoms with Crippen molar-refractivity contribution in [3.8, 4) is 0 Å². The van der Waals surface area contributed by atoms with E-state index in [2.05, 4.69) is 48.6 Å². The second-order valence-corrected chi connectivity index (χ2v) is 11.1. The predicted octanol–water partition coefficient (Wildman–Crippen LogP) is 5.87. The Morgan fingerprint density at radius 3 is 2.21 bits per heavy atom. The van der Waals surface area contributed by atoms with Crippen molar-refractivity contribution in [1.82, 2.24) is 9.97 Å². The Morgan fingerprint density at radius 2 is 1.54 bits per heavy atom. The molecule has 1 aliphatic carbocycles. The molecule has 2 heterocycles. The summed E-state index contributed by atoms with van der Waals surface area (Å²) in [6.07, 6.45) is 13.8. The van der Waals surface area contributed by atoms with Gasteiger partial charge in [-0.05, 0) is 31.4 Å². The minimum absolute atomic E-state index is 0.801. The highest BCUT2D eigenvalue weighted by molar-refractivity contribution is 8.00. The highest BCUT2D eigenvalue weighted by Gasteiger charge is 2.23. The summed E-state index contributed by atoms with van der Waals surface area (Å²) in [5.41, 5.74) is 6.08. The Bertz CT molecular complexity index is 783. The Balaban J connectivity index is 1.59. The Hall–Kier alpha value is -0.675. The van der Waals surface area contributed by atoms with E-state index >= 15 is 0 Å². The smallest absolute Gasteiger partial charge is 0.157 e. The van der Waals surface area contributed by atoms with Crippen molar-refractivity contribution in [3.05, 3.63) is 29.6 Å². The van der Waals surface area contributed by atoms with Crippen LogP contribution in [0.5, 0.6) is 0 Å². The number of rotatable bonds is 3. The fourth-order valence-electron chi connectivity index (χ4n) is 4.44. The highest BCUT2D eigenvalue weighted by atomic mass is 32.2. The van der Waals surface area contributed by atoms with Crippen LogP contribution in [0.15, 0.2) is 18.2 Å². The third-order valence-electron chi connectivity index (χ3n) is 6.19. The maximum atomic E-state index is 5.13. The molecule has 1 aromatic carbocycles. The summed E-state index contributed by atoms with van der Waals surface area (Å²) >= 11 is 4.31. The number of benzene rings is 1. The van der Waals surface area contributed by atoms with Crippen LogP contribution >= 0.6 is 23.5 Å². The van der Waals surface area contributed by atoms with Crippen molar-refractivity contribution in [2.75, 3.05) is 0 Å². The van der Waals surface area contributed by atoms with Gasteiger partial charge < -0.3 is 0 Å². The standard InChI is InChI=1S/C23H33BN2S2/c1-2-12-24-17-10-11-20-21(13-17)26-23-16-28-19-9-7-5-3-4-6-8-18(14-19)27-15-22(23)25-20/h10-11,13,18-19,24H,2-9,12,14-16H2,1H3. The van der Waals surface area contributed by atoms with Crippen LogP contribution < -0.4 is 5.46 Å². The second-order valence-electron chi connectivity index (χ2n) is 8.49. The van der Waals surface area contributed by atoms with E-state index in [4.69, 9.17) is 9.97 Å². The van der Waals surface area contributed by atoms with E-state index in [1.54, 1.807) is 0 Å². The van der Waals surface area contributed by atoms with Gasteiger partial charge in [0.1, 0.15) is 0 Å². The molecule has 2 atom stereocenters. The van der Waals surface area contributed by atoms with Gasteiger partial charge in [-0.3, -0.25) is 0 Å². The van der Waals surface area contributed by atoms with Gasteiger partial charge in [-0.15, -0.1) is 0 Å². The zero-order valence-corrected chi connectivity index (χ0v) is 18.9. The fraction of sp³-hybridized carbons (Fsp3) is 0.652. The minimum atomic E-state index is 0.801. The van der Waals surface area contributed by atoms with Crippen molar-refractivity contribution < 1.29 is 0 Å². The molecule has 0 saturated heterocycles. The van der Waals surface area contributed by atoms with E-state index in [1.165, 1.54) is 81.0 Å². The average molecular weight is 412 g/mol. The van der Waals surface area contributed by atoms with Crippen molar-refractivity contribution in [2.45, 2.75) is 93.0 Å². The summed E-state index contributed by atoms with van der Waals surface area (Å²) in [6, 6.07) is 6.73. The molecule has 150 valence electrons. The maximum Gasteiger partial charge on any atom is 0.157 e. The molecule has 2 nitrogen and oxygen atoms in total. The molecular weight excluding hydrogens is 379 g/mol. The largest absolute Gasteiger partial charge is 0.248 e. The molecule has 0 radical (unpaired) electrons. The Morgan fingerprint density at radius 1 is 0.893 bits per heavy atom. The first kappa shape index (κ1) is 20.6. The number of hydrogen-bond donors (Lipinski definition) is 0. The van der Waals surface area contributed by atoms with Gasteiger partial charge >= 0.3 is 0 Å². The first-order valence-corrected chi connectivity index (χ1v) is 13.4. The second kappa shape index (κ2) is 10.4. The SMILES string of the molecule is CCCBc1ccc2nc3c(nc2c1)CSC1CCCCCCCC(C1)SC3. The van der Waals surface area contributed by atoms with Crippen LogP contribution in [0, 0.1) is 0 Å². The van der Waals surface area contributed by atoms with Gasteiger partial charge in [0.2, 0.25) is 0 Å². The van der Waals surface area contributed by atoms with Crippen LogP contribution in [0.3, 0.4) is 0 Å². The number of aromatic nitrogens is 2. The van der Waals surface area contributed by atoms with Crippen LogP contribution in [-0.4, -0.2) is 27.7 Å². The van der Waals surface area contributed by atoms with E-state index in [0.717, 1.165) is 40.3 Å². The molecule has 0 spiro atoms. The van der Waals surface area contributed by atoms with Gasteiger partial charge in [-0.25, -0.2) is 9.97 Å². The molecule has 4 rings (SSSR count). The van der Waals surface area contributed by atoms with Crippen molar-refractivity contribution in [3.63, 3.8) is 0 Å². The first-order chi connectivity index (χ1) is 13.8. The Labute approximate surface area is 179 Å². The zero-order chi connectivity index (χ0) is 19.2. The van der Waals surface area contributed by atoms with E-state index in [0.29, 0.717) is 0 Å². The van der Waals surface area contributed by atoms with Gasteiger partial charge in [0.15, 0.2) is 7.28 Å². The summed E-state index contributed by atoms with van der Waals surface area (Å²) in [5.74, 6) is 2.07. The molecule has 1 aromatic heterocycles. The molecule has 28 heavy (non-hydrogen) atoms. The van der Waals surface area contributed by atoms with Crippen LogP contribution in [-0.2, 0) is 11.5 Å². The summed E-state index contributed by atoms with van der Waals surface area (Å²) < 4.78 is 0. The maximum absolute atomic E-state index is 5.13. The lowest BCUT2D eigenvalue weighted by Gasteiger charge is -2.23. The van der Waals surface area contributed by atoms with Crippen LogP contribution in [0.1, 0.15) is 76.1 Å². The molecule has 5 heteroatoms. The van der Waals surface area contributed by atoms with Crippen molar-refractivity contribution in [1.29, 1.82) is 0 Å². The summed E-state index contributed by atoms with van der Waals surface area (Å²) in [4.78, 5) is 10.2. The average Bonchev–Trinajstić information content (AvgIpc) is 2.79. The highest BCUT2D eigenvalue weighted by Crippen LogP contribution is 2.37. The molecule has 2 bridgehead atoms. The summed E-state index contributed by atoms with van der Waals surface area (Å²) in [5, 5.41) is 1.60. The molecular formula is C23H33BN2S2. The van der Waals surface area contributed by atoms with Gasteiger partial charge in [0.05, 0.1) is 22.4 Å². The molecule has 0 N–H and O–H groups in total. The molecule has 2 aliphatic rings. The van der Waals surface area contributed by atoms with E-state index in [1.807, 2.05) is 0 Å². The number of hydrogen-bond acceptors (Lipinski definition) is 4. The monoisotopic (exact) mass is 412 g/mol. The lowest BCUT2D eigenvalue weighted by molar-refractivity contribution is 0.518. The topological polar surface area (TPSA) is 25.8 Å². The number of nitrogens with zero attached hydrogens (tertiary/aromatic N) is 2. The molecule has 2 aromatic rings. The van der Waals surface area contributed by atoms with Crippen molar-refractivity contribution >= 4 is 47.3 Å². The van der Waals surface area contributed by atoms with Crippen LogP contribution in [0.4, 0.5) is 0 Å². The third-order valence-corrected chi connectivity index (χ3v) is 8.87. The van der Waals surface area contributed by atoms with Gasteiger partial charge in [-0.2, -0.15) is 23.5 Å². The number of thioether (sulfide) groups is 2. The summed E-state index contributed by atoms with van der Waals surface area (Å²) in [6.45, 7) is 2.26. The Kier molecular flexibility index (Phi) is 7.64. The lowest BCUT2D eigenvalue weighted by atomic mass is 9.66. The third kappa shape index (κ3) is 5.47. The zero-order valence-electron chi connectivity index (χ0n) is 17.3. The summed E-state index contributed by atoms with van der Waals surface area (Å²) in [7, 11) is 1.15. The molecule has 1 saturated carbocycles. The van der Waals surface area contributed by atoms with Gasteiger partial charge in [0, 0.05) is 22.0 Å². The quantitative estimate of drug-likeness (QED) is 0.589. The van der Waals surface area contributed by atoms with Crippen LogP contribution in [0.25, 0.3) is 11.0 Å². The first-order valence-electron chi connectivity index (χ1n) is 11.3. The van der Waals surface area contributed by atoms with Gasteiger partial charge in [0.25, 0.3) is 0 Å². The van der Waals surface area contributed by atoms with Gasteiger partial charge in [-0.1, -0.05) is 63.3 Å². The van der Waals surface area contributed by atoms with E-state index in [-0.39, 0.29) is 0 Å². The fourth-order valence-corrected chi connectivity index (χ4v) is 7.21. The van der Waals surface area contributed by atoms with Crippen molar-refractivity contribution in [2.24, 2.45) is 0 Å². The molecule has 1 aliphatic heterocycles. The lowest BCUT2D eigenvalue weighted by Crippen LogP contribution is -2.14. The normalized spacial score (nSPS) is 23.9. The molecule has 0 amide bonds. The van der Waals surface area contributed by atoms with E-state index < -0.39 is 0 Å². The minimum Gasteiger partial charge on any atom is -0.248 e. The number of fused-ring (bicyclic) bond motifs is 4.